The maximum Gasteiger partial charge on any atom is 0.220 e. The fourth-order valence-electron chi connectivity index (χ4n) is 1.63. The lowest BCUT2D eigenvalue weighted by atomic mass is 10.1. The number of hydrogen-bond acceptors (Lipinski definition) is 4. The molecule has 1 saturated carbocycles. The first kappa shape index (κ1) is 11.4. The Morgan fingerprint density at radius 1 is 1.56 bits per heavy atom. The highest BCUT2D eigenvalue weighted by atomic mass is 32.1. The van der Waals surface area contributed by atoms with E-state index in [1.165, 1.54) is 0 Å². The van der Waals surface area contributed by atoms with E-state index in [1.54, 1.807) is 17.1 Å². The van der Waals surface area contributed by atoms with Gasteiger partial charge in [0.1, 0.15) is 0 Å². The molecule has 0 aromatic carbocycles. The van der Waals surface area contributed by atoms with Gasteiger partial charge in [-0.25, -0.2) is 0 Å². The van der Waals surface area contributed by atoms with Crippen molar-refractivity contribution in [2.45, 2.75) is 25.8 Å². The molecule has 0 unspecified atom stereocenters. The quantitative estimate of drug-likeness (QED) is 0.712. The molecule has 6 heteroatoms. The Morgan fingerprint density at radius 2 is 2.38 bits per heavy atom. The predicted molar refractivity (Wildman–Crippen MR) is 63.2 cm³/mol. The number of amides is 1. The van der Waals surface area contributed by atoms with Gasteiger partial charge in [0, 0.05) is 19.2 Å². The Balaban J connectivity index is 1.64. The standard InChI is InChI=1S/C10H16N4OS/c15-9(7-10(8-16)1-2-10)11-3-5-14-6-4-12-13-14/h4,6,16H,1-3,5,7-8H2,(H,11,15). The summed E-state index contributed by atoms with van der Waals surface area (Å²) in [4.78, 5) is 11.6. The molecule has 0 radical (unpaired) electrons. The topological polar surface area (TPSA) is 59.8 Å². The molecule has 1 aromatic rings. The zero-order valence-corrected chi connectivity index (χ0v) is 9.99. The molecule has 0 atom stereocenters. The Labute approximate surface area is 100 Å². The lowest BCUT2D eigenvalue weighted by Crippen LogP contribution is -2.29. The summed E-state index contributed by atoms with van der Waals surface area (Å²) in [6.45, 7) is 1.27. The molecule has 1 fully saturated rings. The first-order valence-corrected chi connectivity index (χ1v) is 6.09. The van der Waals surface area contributed by atoms with E-state index in [0.29, 0.717) is 19.5 Å². The third-order valence-electron chi connectivity index (χ3n) is 2.96. The van der Waals surface area contributed by atoms with Crippen LogP contribution in [0, 0.1) is 5.41 Å². The van der Waals surface area contributed by atoms with E-state index in [0.717, 1.165) is 18.6 Å². The summed E-state index contributed by atoms with van der Waals surface area (Å²) in [7, 11) is 0. The highest BCUT2D eigenvalue weighted by Gasteiger charge is 2.42. The summed E-state index contributed by atoms with van der Waals surface area (Å²) in [5.74, 6) is 0.926. The third-order valence-corrected chi connectivity index (χ3v) is 3.63. The minimum atomic E-state index is 0.117. The minimum absolute atomic E-state index is 0.117. The summed E-state index contributed by atoms with van der Waals surface area (Å²) >= 11 is 4.28. The molecule has 1 aliphatic rings. The molecular formula is C10H16N4OS. The predicted octanol–water partition coefficient (Wildman–Crippen LogP) is 0.494. The third kappa shape index (κ3) is 2.98. The molecule has 0 bridgehead atoms. The van der Waals surface area contributed by atoms with Crippen LogP contribution in [0.15, 0.2) is 12.4 Å². The highest BCUT2D eigenvalue weighted by Crippen LogP contribution is 2.49. The van der Waals surface area contributed by atoms with Gasteiger partial charge in [-0.05, 0) is 24.0 Å². The molecule has 1 N–H and O–H groups in total. The summed E-state index contributed by atoms with van der Waals surface area (Å²) in [6, 6.07) is 0. The van der Waals surface area contributed by atoms with Crippen LogP contribution in [-0.4, -0.2) is 33.2 Å². The van der Waals surface area contributed by atoms with Gasteiger partial charge in [0.25, 0.3) is 0 Å². The number of aromatic nitrogens is 3. The van der Waals surface area contributed by atoms with Gasteiger partial charge < -0.3 is 5.32 Å². The van der Waals surface area contributed by atoms with E-state index in [2.05, 4.69) is 28.3 Å². The highest BCUT2D eigenvalue weighted by molar-refractivity contribution is 7.80. The van der Waals surface area contributed by atoms with Gasteiger partial charge in [-0.15, -0.1) is 5.10 Å². The van der Waals surface area contributed by atoms with Crippen molar-refractivity contribution in [1.29, 1.82) is 0 Å². The van der Waals surface area contributed by atoms with Crippen LogP contribution in [0.2, 0.25) is 0 Å². The van der Waals surface area contributed by atoms with Crippen LogP contribution in [0.5, 0.6) is 0 Å². The summed E-state index contributed by atoms with van der Waals surface area (Å²) < 4.78 is 1.70. The maximum atomic E-state index is 11.6. The van der Waals surface area contributed by atoms with Crippen molar-refractivity contribution in [2.24, 2.45) is 5.41 Å². The van der Waals surface area contributed by atoms with Crippen LogP contribution in [0.4, 0.5) is 0 Å². The second-order valence-corrected chi connectivity index (χ2v) is 4.67. The van der Waals surface area contributed by atoms with Gasteiger partial charge in [-0.3, -0.25) is 9.48 Å². The fourth-order valence-corrected chi connectivity index (χ4v) is 2.06. The van der Waals surface area contributed by atoms with Gasteiger partial charge in [0.05, 0.1) is 12.7 Å². The lowest BCUT2D eigenvalue weighted by molar-refractivity contribution is -0.122. The second-order valence-electron chi connectivity index (χ2n) is 4.35. The zero-order chi connectivity index (χ0) is 11.4. The molecule has 1 aliphatic carbocycles. The van der Waals surface area contributed by atoms with Crippen molar-refractivity contribution in [1.82, 2.24) is 20.3 Å². The largest absolute Gasteiger partial charge is 0.354 e. The molecule has 88 valence electrons. The van der Waals surface area contributed by atoms with Crippen LogP contribution in [0.1, 0.15) is 19.3 Å². The lowest BCUT2D eigenvalue weighted by Gasteiger charge is -2.11. The normalized spacial score (nSPS) is 17.1. The molecule has 16 heavy (non-hydrogen) atoms. The molecule has 1 aromatic heterocycles. The molecule has 1 amide bonds. The Bertz CT molecular complexity index is 348. The molecule has 0 aliphatic heterocycles. The summed E-state index contributed by atoms with van der Waals surface area (Å²) in [6.07, 6.45) is 6.28. The molecule has 5 nitrogen and oxygen atoms in total. The molecule has 0 spiro atoms. The molecule has 2 rings (SSSR count). The van der Waals surface area contributed by atoms with Crippen molar-refractivity contribution in [3.63, 3.8) is 0 Å². The number of rotatable bonds is 6. The zero-order valence-electron chi connectivity index (χ0n) is 9.09. The molecule has 0 saturated heterocycles. The number of nitrogens with zero attached hydrogens (tertiary/aromatic N) is 3. The number of thiol groups is 1. The van der Waals surface area contributed by atoms with Crippen LogP contribution < -0.4 is 5.32 Å². The average Bonchev–Trinajstić information content (AvgIpc) is 2.85. The van der Waals surface area contributed by atoms with E-state index in [1.807, 2.05) is 0 Å². The van der Waals surface area contributed by atoms with E-state index in [-0.39, 0.29) is 11.3 Å². The van der Waals surface area contributed by atoms with Crippen LogP contribution in [0.3, 0.4) is 0 Å². The Hall–Kier alpha value is -1.04. The maximum absolute atomic E-state index is 11.6. The second kappa shape index (κ2) is 4.86. The Morgan fingerprint density at radius 3 is 2.94 bits per heavy atom. The molecule has 1 heterocycles. The van der Waals surface area contributed by atoms with E-state index in [4.69, 9.17) is 0 Å². The van der Waals surface area contributed by atoms with Crippen molar-refractivity contribution in [2.75, 3.05) is 12.3 Å². The molecular weight excluding hydrogens is 224 g/mol. The number of carbonyl (C=O) groups excluding carboxylic acids is 1. The monoisotopic (exact) mass is 240 g/mol. The van der Waals surface area contributed by atoms with E-state index < -0.39 is 0 Å². The Kier molecular flexibility index (Phi) is 3.48. The summed E-state index contributed by atoms with van der Waals surface area (Å²) in [5.41, 5.74) is 0.195. The van der Waals surface area contributed by atoms with Gasteiger partial charge in [0.15, 0.2) is 0 Å². The van der Waals surface area contributed by atoms with Gasteiger partial charge in [0.2, 0.25) is 5.91 Å². The van der Waals surface area contributed by atoms with Crippen molar-refractivity contribution in [3.05, 3.63) is 12.4 Å². The fraction of sp³-hybridized carbons (Fsp3) is 0.700. The first-order valence-electron chi connectivity index (χ1n) is 5.46. The van der Waals surface area contributed by atoms with E-state index in [9.17, 15) is 4.79 Å². The number of carbonyl (C=O) groups is 1. The smallest absolute Gasteiger partial charge is 0.220 e. The average molecular weight is 240 g/mol. The van der Waals surface area contributed by atoms with Crippen molar-refractivity contribution >= 4 is 18.5 Å². The SMILES string of the molecule is O=C(CC1(CS)CC1)NCCn1ccnn1. The summed E-state index contributed by atoms with van der Waals surface area (Å²) in [5, 5.41) is 10.4. The van der Waals surface area contributed by atoms with Gasteiger partial charge in [-0.2, -0.15) is 12.6 Å². The minimum Gasteiger partial charge on any atom is -0.354 e. The van der Waals surface area contributed by atoms with Gasteiger partial charge >= 0.3 is 0 Å². The number of nitrogens with one attached hydrogen (secondary N) is 1. The first-order chi connectivity index (χ1) is 7.74. The van der Waals surface area contributed by atoms with Crippen LogP contribution in [0.25, 0.3) is 0 Å². The van der Waals surface area contributed by atoms with Crippen molar-refractivity contribution < 1.29 is 4.79 Å². The van der Waals surface area contributed by atoms with Gasteiger partial charge in [-0.1, -0.05) is 5.21 Å². The van der Waals surface area contributed by atoms with Crippen LogP contribution in [-0.2, 0) is 11.3 Å². The van der Waals surface area contributed by atoms with Crippen LogP contribution >= 0.6 is 12.6 Å². The number of hydrogen-bond donors (Lipinski definition) is 2. The van der Waals surface area contributed by atoms with E-state index >= 15 is 0 Å². The van der Waals surface area contributed by atoms with Crippen molar-refractivity contribution in [3.8, 4) is 0 Å².